The van der Waals surface area contributed by atoms with Crippen molar-refractivity contribution in [2.75, 3.05) is 0 Å². The lowest BCUT2D eigenvalue weighted by Crippen LogP contribution is -2.32. The standard InChI is InChI=1S/C25H26FN5.BrH/c26-20-11-10-18(14-27)19(13-20)15-31(16-24-29-21-7-1-2-8-22(21)30-24)23-9-3-5-17-6-4-12-28-25(17)23;/h1-2,4,6-8,10-13,23H,3,5,9,14-16,27H2,(H,29,30);1H. The van der Waals surface area contributed by atoms with Crippen LogP contribution in [0.15, 0.2) is 60.8 Å². The summed E-state index contributed by atoms with van der Waals surface area (Å²) in [6.07, 6.45) is 5.03. The number of aromatic amines is 1. The molecular formula is C25H27BrFN5. The molecule has 5 rings (SSSR count). The number of aryl methyl sites for hydroxylation is 1. The van der Waals surface area contributed by atoms with E-state index in [4.69, 9.17) is 15.7 Å². The molecule has 2 heterocycles. The van der Waals surface area contributed by atoms with Crippen molar-refractivity contribution < 1.29 is 4.39 Å². The van der Waals surface area contributed by atoms with Crippen molar-refractivity contribution in [1.82, 2.24) is 19.9 Å². The van der Waals surface area contributed by atoms with Crippen LogP contribution in [0.2, 0.25) is 0 Å². The predicted octanol–water partition coefficient (Wildman–Crippen LogP) is 5.21. The van der Waals surface area contributed by atoms with E-state index < -0.39 is 0 Å². The van der Waals surface area contributed by atoms with E-state index in [1.807, 2.05) is 36.5 Å². The van der Waals surface area contributed by atoms with Crippen molar-refractivity contribution >= 4 is 28.0 Å². The molecule has 5 nitrogen and oxygen atoms in total. The zero-order valence-electron chi connectivity index (χ0n) is 17.8. The summed E-state index contributed by atoms with van der Waals surface area (Å²) in [6.45, 7) is 1.59. The Hall–Kier alpha value is -2.61. The van der Waals surface area contributed by atoms with Gasteiger partial charge in [-0.25, -0.2) is 9.37 Å². The molecule has 0 saturated heterocycles. The number of benzene rings is 2. The number of imidazole rings is 1. The van der Waals surface area contributed by atoms with Gasteiger partial charge in [0.15, 0.2) is 0 Å². The number of halogens is 2. The first-order chi connectivity index (χ1) is 15.2. The summed E-state index contributed by atoms with van der Waals surface area (Å²) >= 11 is 0. The van der Waals surface area contributed by atoms with Crippen LogP contribution in [0.25, 0.3) is 11.0 Å². The molecule has 0 spiro atoms. The van der Waals surface area contributed by atoms with E-state index in [1.165, 1.54) is 11.6 Å². The SMILES string of the molecule is Br.NCc1ccc(F)cc1CN(Cc1nc2ccccc2[nH]1)C1CCCc2cccnc21. The highest BCUT2D eigenvalue weighted by Crippen LogP contribution is 2.35. The minimum Gasteiger partial charge on any atom is -0.341 e. The van der Waals surface area contributed by atoms with Crippen LogP contribution in [0.3, 0.4) is 0 Å². The maximum absolute atomic E-state index is 14.1. The largest absolute Gasteiger partial charge is 0.341 e. The maximum atomic E-state index is 14.1. The zero-order valence-corrected chi connectivity index (χ0v) is 19.5. The number of hydrogen-bond donors (Lipinski definition) is 2. The second kappa shape index (κ2) is 9.90. The van der Waals surface area contributed by atoms with Crippen LogP contribution in [0, 0.1) is 5.82 Å². The molecule has 4 aromatic rings. The van der Waals surface area contributed by atoms with E-state index in [9.17, 15) is 4.39 Å². The van der Waals surface area contributed by atoms with E-state index in [1.54, 1.807) is 12.1 Å². The molecule has 1 unspecified atom stereocenters. The average Bonchev–Trinajstić information content (AvgIpc) is 3.21. The Kier molecular flexibility index (Phi) is 6.98. The Labute approximate surface area is 197 Å². The Balaban J connectivity index is 0.00000245. The molecule has 1 atom stereocenters. The molecule has 2 aromatic heterocycles. The van der Waals surface area contributed by atoms with Gasteiger partial charge in [0.25, 0.3) is 0 Å². The van der Waals surface area contributed by atoms with Crippen molar-refractivity contribution in [1.29, 1.82) is 0 Å². The fraction of sp³-hybridized carbons (Fsp3) is 0.280. The molecule has 0 radical (unpaired) electrons. The van der Waals surface area contributed by atoms with Gasteiger partial charge in [-0.1, -0.05) is 24.3 Å². The summed E-state index contributed by atoms with van der Waals surface area (Å²) in [7, 11) is 0. The molecule has 0 amide bonds. The highest BCUT2D eigenvalue weighted by molar-refractivity contribution is 8.93. The Morgan fingerprint density at radius 3 is 2.78 bits per heavy atom. The summed E-state index contributed by atoms with van der Waals surface area (Å²) in [4.78, 5) is 15.3. The number of hydrogen-bond acceptors (Lipinski definition) is 4. The smallest absolute Gasteiger partial charge is 0.123 e. The molecule has 2 aromatic carbocycles. The van der Waals surface area contributed by atoms with Gasteiger partial charge in [-0.3, -0.25) is 9.88 Å². The summed E-state index contributed by atoms with van der Waals surface area (Å²) < 4.78 is 14.1. The minimum absolute atomic E-state index is 0. The number of H-pyrrole nitrogens is 1. The normalized spacial score (nSPS) is 15.5. The van der Waals surface area contributed by atoms with Gasteiger partial charge in [-0.15, -0.1) is 17.0 Å². The van der Waals surface area contributed by atoms with Gasteiger partial charge >= 0.3 is 0 Å². The maximum Gasteiger partial charge on any atom is 0.123 e. The van der Waals surface area contributed by atoms with Crippen molar-refractivity contribution in [3.63, 3.8) is 0 Å². The Morgan fingerprint density at radius 1 is 1.06 bits per heavy atom. The molecule has 32 heavy (non-hydrogen) atoms. The first kappa shape index (κ1) is 22.6. The third-order valence-corrected chi connectivity index (χ3v) is 6.16. The van der Waals surface area contributed by atoms with Crippen molar-refractivity contribution in [2.24, 2.45) is 5.73 Å². The van der Waals surface area contributed by atoms with Gasteiger partial charge in [0.1, 0.15) is 11.6 Å². The second-order valence-electron chi connectivity index (χ2n) is 8.18. The zero-order chi connectivity index (χ0) is 21.2. The number of nitrogens with two attached hydrogens (primary N) is 1. The van der Waals surface area contributed by atoms with E-state index in [0.717, 1.165) is 52.9 Å². The Morgan fingerprint density at radius 2 is 1.94 bits per heavy atom. The van der Waals surface area contributed by atoms with Gasteiger partial charge in [-0.2, -0.15) is 0 Å². The van der Waals surface area contributed by atoms with E-state index in [2.05, 4.69) is 16.0 Å². The number of para-hydroxylation sites is 2. The van der Waals surface area contributed by atoms with Crippen LogP contribution in [-0.4, -0.2) is 19.9 Å². The minimum atomic E-state index is -0.238. The summed E-state index contributed by atoms with van der Waals surface area (Å²) in [5, 5.41) is 0. The molecule has 3 N–H and O–H groups in total. The van der Waals surface area contributed by atoms with Crippen molar-refractivity contribution in [2.45, 2.75) is 44.9 Å². The lowest BCUT2D eigenvalue weighted by atomic mass is 9.90. The average molecular weight is 496 g/mol. The van der Waals surface area contributed by atoms with Gasteiger partial charge in [-0.05, 0) is 66.3 Å². The van der Waals surface area contributed by atoms with Crippen LogP contribution in [0.5, 0.6) is 0 Å². The van der Waals surface area contributed by atoms with Crippen LogP contribution in [-0.2, 0) is 26.1 Å². The first-order valence-corrected chi connectivity index (χ1v) is 10.8. The first-order valence-electron chi connectivity index (χ1n) is 10.8. The van der Waals surface area contributed by atoms with Gasteiger partial charge < -0.3 is 10.7 Å². The Bertz CT molecular complexity index is 1170. The third kappa shape index (κ3) is 4.60. The van der Waals surface area contributed by atoms with Crippen molar-refractivity contribution in [3.05, 3.63) is 94.8 Å². The second-order valence-corrected chi connectivity index (χ2v) is 8.18. The fourth-order valence-electron chi connectivity index (χ4n) is 4.65. The summed E-state index contributed by atoms with van der Waals surface area (Å²) in [5.41, 5.74) is 12.2. The lowest BCUT2D eigenvalue weighted by molar-refractivity contribution is 0.153. The van der Waals surface area contributed by atoms with E-state index in [-0.39, 0.29) is 28.8 Å². The molecule has 7 heteroatoms. The van der Waals surface area contributed by atoms with E-state index >= 15 is 0 Å². The monoisotopic (exact) mass is 495 g/mol. The molecule has 0 saturated carbocycles. The van der Waals surface area contributed by atoms with Crippen LogP contribution in [0.4, 0.5) is 4.39 Å². The number of pyridine rings is 1. The molecule has 0 fully saturated rings. The number of rotatable bonds is 6. The third-order valence-electron chi connectivity index (χ3n) is 6.16. The van der Waals surface area contributed by atoms with Crippen LogP contribution >= 0.6 is 17.0 Å². The number of nitrogens with one attached hydrogen (secondary N) is 1. The molecular weight excluding hydrogens is 469 g/mol. The van der Waals surface area contributed by atoms with Gasteiger partial charge in [0.2, 0.25) is 0 Å². The van der Waals surface area contributed by atoms with Crippen molar-refractivity contribution in [3.8, 4) is 0 Å². The number of fused-ring (bicyclic) bond motifs is 2. The lowest BCUT2D eigenvalue weighted by Gasteiger charge is -2.35. The predicted molar refractivity (Wildman–Crippen MR) is 130 cm³/mol. The molecule has 0 bridgehead atoms. The number of nitrogens with zero attached hydrogens (tertiary/aromatic N) is 3. The summed E-state index contributed by atoms with van der Waals surface area (Å²) in [6, 6.07) is 17.2. The molecule has 0 aliphatic heterocycles. The fourth-order valence-corrected chi connectivity index (χ4v) is 4.65. The molecule has 1 aliphatic rings. The van der Waals surface area contributed by atoms with Crippen LogP contribution in [0.1, 0.15) is 47.1 Å². The van der Waals surface area contributed by atoms with Gasteiger partial charge in [0.05, 0.1) is 29.3 Å². The topological polar surface area (TPSA) is 70.8 Å². The highest BCUT2D eigenvalue weighted by Gasteiger charge is 2.28. The van der Waals surface area contributed by atoms with Crippen LogP contribution < -0.4 is 5.73 Å². The van der Waals surface area contributed by atoms with Gasteiger partial charge in [0, 0.05) is 19.3 Å². The highest BCUT2D eigenvalue weighted by atomic mass is 79.9. The van der Waals surface area contributed by atoms with E-state index in [0.29, 0.717) is 19.6 Å². The molecule has 166 valence electrons. The quantitative estimate of drug-likeness (QED) is 0.384. The molecule has 1 aliphatic carbocycles. The summed E-state index contributed by atoms with van der Waals surface area (Å²) in [5.74, 6) is 0.660. The number of aromatic nitrogens is 3.